The zero-order chi connectivity index (χ0) is 20.3. The zero-order valence-electron chi connectivity index (χ0n) is 15.3. The second kappa shape index (κ2) is 8.72. The Morgan fingerprint density at radius 3 is 2.54 bits per heavy atom. The summed E-state index contributed by atoms with van der Waals surface area (Å²) in [4.78, 5) is 12.7. The van der Waals surface area contributed by atoms with Gasteiger partial charge in [-0.2, -0.15) is 0 Å². The minimum atomic E-state index is -3.39. The van der Waals surface area contributed by atoms with E-state index in [1.807, 2.05) is 0 Å². The molecule has 8 heteroatoms. The third-order valence-electron chi connectivity index (χ3n) is 4.74. The molecule has 150 valence electrons. The van der Waals surface area contributed by atoms with Gasteiger partial charge in [0.2, 0.25) is 0 Å². The van der Waals surface area contributed by atoms with Crippen molar-refractivity contribution in [3.05, 3.63) is 52.5 Å². The number of anilines is 1. The van der Waals surface area contributed by atoms with Crippen LogP contribution in [0.1, 0.15) is 32.6 Å². The first-order chi connectivity index (χ1) is 13.3. The summed E-state index contributed by atoms with van der Waals surface area (Å²) in [6.07, 6.45) is 2.40. The summed E-state index contributed by atoms with van der Waals surface area (Å²) in [6.45, 7) is 1.58. The third-order valence-corrected chi connectivity index (χ3v) is 7.53. The maximum absolute atomic E-state index is 12.7. The van der Waals surface area contributed by atoms with E-state index in [0.29, 0.717) is 34.3 Å². The van der Waals surface area contributed by atoms with E-state index in [2.05, 4.69) is 5.32 Å². The summed E-state index contributed by atoms with van der Waals surface area (Å²) >= 11 is 11.9. The quantitative estimate of drug-likeness (QED) is 0.675. The van der Waals surface area contributed by atoms with E-state index in [1.165, 1.54) is 12.1 Å². The summed E-state index contributed by atoms with van der Waals surface area (Å²) in [5, 5.41) is 3.13. The average Bonchev–Trinajstić information content (AvgIpc) is 3.20. The Balaban J connectivity index is 1.70. The molecule has 0 spiro atoms. The first-order valence-corrected chi connectivity index (χ1v) is 11.3. The largest absolute Gasteiger partial charge is 0.479 e. The maximum Gasteiger partial charge on any atom is 0.265 e. The Hall–Kier alpha value is -1.76. The van der Waals surface area contributed by atoms with Gasteiger partial charge in [0.25, 0.3) is 5.91 Å². The van der Waals surface area contributed by atoms with Crippen molar-refractivity contribution in [2.45, 2.75) is 48.9 Å². The topological polar surface area (TPSA) is 72.5 Å². The first-order valence-electron chi connectivity index (χ1n) is 9.04. The van der Waals surface area contributed by atoms with Crippen LogP contribution in [0.4, 0.5) is 5.69 Å². The van der Waals surface area contributed by atoms with Crippen molar-refractivity contribution in [1.82, 2.24) is 0 Å². The van der Waals surface area contributed by atoms with Gasteiger partial charge in [0.05, 0.1) is 15.2 Å². The molecule has 1 aliphatic rings. The molecule has 0 radical (unpaired) electrons. The highest BCUT2D eigenvalue weighted by molar-refractivity contribution is 7.92. The van der Waals surface area contributed by atoms with Gasteiger partial charge in [-0.3, -0.25) is 4.79 Å². The summed E-state index contributed by atoms with van der Waals surface area (Å²) in [7, 11) is -3.39. The molecule has 1 unspecified atom stereocenters. The lowest BCUT2D eigenvalue weighted by molar-refractivity contribution is -0.122. The van der Waals surface area contributed by atoms with Gasteiger partial charge in [-0.25, -0.2) is 8.42 Å². The number of carbonyl (C=O) groups excluding carboxylic acids is 1. The molecule has 5 nitrogen and oxygen atoms in total. The Labute approximate surface area is 174 Å². The highest BCUT2D eigenvalue weighted by atomic mass is 35.5. The summed E-state index contributed by atoms with van der Waals surface area (Å²) in [5.41, 5.74) is 0.404. The Bertz CT molecular complexity index is 972. The third kappa shape index (κ3) is 4.80. The van der Waals surface area contributed by atoms with Crippen LogP contribution in [0.5, 0.6) is 5.75 Å². The summed E-state index contributed by atoms with van der Waals surface area (Å²) < 4.78 is 31.1. The van der Waals surface area contributed by atoms with Gasteiger partial charge in [-0.05, 0) is 56.2 Å². The number of hydrogen-bond donors (Lipinski definition) is 1. The molecular formula is C20H21Cl2NO4S. The fraction of sp³-hybridized carbons (Fsp3) is 0.350. The predicted molar refractivity (Wildman–Crippen MR) is 111 cm³/mol. The molecule has 0 saturated heterocycles. The zero-order valence-corrected chi connectivity index (χ0v) is 17.7. The smallest absolute Gasteiger partial charge is 0.265 e. The van der Waals surface area contributed by atoms with Crippen LogP contribution < -0.4 is 10.1 Å². The van der Waals surface area contributed by atoms with E-state index in [0.717, 1.165) is 12.8 Å². The van der Waals surface area contributed by atoms with E-state index in [-0.39, 0.29) is 10.1 Å². The second-order valence-electron chi connectivity index (χ2n) is 6.80. The molecule has 1 amide bonds. The van der Waals surface area contributed by atoms with Gasteiger partial charge in [0.1, 0.15) is 5.75 Å². The van der Waals surface area contributed by atoms with Crippen molar-refractivity contribution in [3.8, 4) is 5.75 Å². The van der Waals surface area contributed by atoms with Crippen LogP contribution >= 0.6 is 23.2 Å². The number of halogens is 2. The van der Waals surface area contributed by atoms with Gasteiger partial charge in [-0.15, -0.1) is 0 Å². The van der Waals surface area contributed by atoms with Gasteiger partial charge >= 0.3 is 0 Å². The van der Waals surface area contributed by atoms with E-state index >= 15 is 0 Å². The van der Waals surface area contributed by atoms with E-state index in [4.69, 9.17) is 27.9 Å². The van der Waals surface area contributed by atoms with Crippen molar-refractivity contribution in [1.29, 1.82) is 0 Å². The summed E-state index contributed by atoms with van der Waals surface area (Å²) in [6, 6.07) is 11.1. The number of benzene rings is 2. The number of ether oxygens (including phenoxy) is 1. The Morgan fingerprint density at radius 2 is 1.86 bits per heavy atom. The van der Waals surface area contributed by atoms with Crippen LogP contribution in [-0.4, -0.2) is 25.7 Å². The minimum absolute atomic E-state index is 0.228. The molecule has 1 fully saturated rings. The molecule has 0 aromatic heterocycles. The molecule has 0 bridgehead atoms. The van der Waals surface area contributed by atoms with Crippen LogP contribution in [0, 0.1) is 0 Å². The second-order valence-corrected chi connectivity index (χ2v) is 9.88. The van der Waals surface area contributed by atoms with E-state index in [1.54, 1.807) is 37.3 Å². The SMILES string of the molecule is CC(Oc1ccc(Cl)cc1Cl)C(=O)Nc1cccc(S(=O)(=O)C2CCCC2)c1. The molecule has 0 heterocycles. The Morgan fingerprint density at radius 1 is 1.14 bits per heavy atom. The monoisotopic (exact) mass is 441 g/mol. The molecule has 2 aromatic carbocycles. The standard InChI is InChI=1S/C20H21Cl2NO4S/c1-13(27-19-10-9-14(21)11-18(19)22)20(24)23-15-5-4-8-17(12-15)28(25,26)16-6-2-3-7-16/h4-5,8-13,16H,2-3,6-7H2,1H3,(H,23,24). The lowest BCUT2D eigenvalue weighted by atomic mass is 10.3. The van der Waals surface area contributed by atoms with Gasteiger partial charge in [-0.1, -0.05) is 42.1 Å². The number of hydrogen-bond acceptors (Lipinski definition) is 4. The van der Waals surface area contributed by atoms with Gasteiger partial charge < -0.3 is 10.1 Å². The summed E-state index contributed by atoms with van der Waals surface area (Å²) in [5.74, 6) is -0.0762. The van der Waals surface area contributed by atoms with Crippen molar-refractivity contribution in [2.75, 3.05) is 5.32 Å². The molecular weight excluding hydrogens is 421 g/mol. The molecule has 28 heavy (non-hydrogen) atoms. The molecule has 1 atom stereocenters. The first kappa shape index (κ1) is 21.0. The minimum Gasteiger partial charge on any atom is -0.479 e. The van der Waals surface area contributed by atoms with Crippen molar-refractivity contribution in [2.24, 2.45) is 0 Å². The fourth-order valence-electron chi connectivity index (χ4n) is 3.20. The van der Waals surface area contributed by atoms with Crippen LogP contribution in [0.3, 0.4) is 0 Å². The normalized spacial score (nSPS) is 16.0. The number of sulfone groups is 1. The van der Waals surface area contributed by atoms with Crippen molar-refractivity contribution >= 4 is 44.6 Å². The molecule has 3 rings (SSSR count). The number of rotatable bonds is 6. The highest BCUT2D eigenvalue weighted by Gasteiger charge is 2.30. The number of amides is 1. The average molecular weight is 442 g/mol. The lowest BCUT2D eigenvalue weighted by Gasteiger charge is -2.16. The van der Waals surface area contributed by atoms with Gasteiger partial charge in [0, 0.05) is 10.7 Å². The van der Waals surface area contributed by atoms with E-state index < -0.39 is 21.8 Å². The van der Waals surface area contributed by atoms with Crippen LogP contribution in [0.2, 0.25) is 10.0 Å². The molecule has 1 N–H and O–H groups in total. The fourth-order valence-corrected chi connectivity index (χ4v) is 5.55. The van der Waals surface area contributed by atoms with Gasteiger partial charge in [0.15, 0.2) is 15.9 Å². The lowest BCUT2D eigenvalue weighted by Crippen LogP contribution is -2.30. The predicted octanol–water partition coefficient (Wildman–Crippen LogP) is 5.12. The maximum atomic E-state index is 12.7. The number of carbonyl (C=O) groups is 1. The van der Waals surface area contributed by atoms with Crippen molar-refractivity contribution < 1.29 is 17.9 Å². The Kier molecular flexibility index (Phi) is 6.53. The molecule has 0 aliphatic heterocycles. The molecule has 1 aliphatic carbocycles. The van der Waals surface area contributed by atoms with Crippen LogP contribution in [-0.2, 0) is 14.6 Å². The van der Waals surface area contributed by atoms with Crippen LogP contribution in [0.15, 0.2) is 47.4 Å². The van der Waals surface area contributed by atoms with E-state index in [9.17, 15) is 13.2 Å². The van der Waals surface area contributed by atoms with Crippen LogP contribution in [0.25, 0.3) is 0 Å². The molecule has 1 saturated carbocycles. The molecule has 2 aromatic rings. The number of nitrogens with one attached hydrogen (secondary N) is 1. The highest BCUT2D eigenvalue weighted by Crippen LogP contribution is 2.31. The van der Waals surface area contributed by atoms with Crippen molar-refractivity contribution in [3.63, 3.8) is 0 Å².